The van der Waals surface area contributed by atoms with Gasteiger partial charge in [0.05, 0.1) is 11.7 Å². The van der Waals surface area contributed by atoms with Crippen molar-refractivity contribution in [3.8, 4) is 0 Å². The Morgan fingerprint density at radius 3 is 2.25 bits per heavy atom. The Balaban J connectivity index is 2.05. The monoisotopic (exact) mass is 340 g/mol. The number of hydrogen-bond acceptors (Lipinski definition) is 2. The Bertz CT molecular complexity index is 751. The molecule has 0 saturated carbocycles. The second-order valence-electron chi connectivity index (χ2n) is 5.34. The number of amides is 1. The van der Waals surface area contributed by atoms with Crippen molar-refractivity contribution in [2.75, 3.05) is 5.32 Å². The van der Waals surface area contributed by atoms with Crippen LogP contribution in [0.25, 0.3) is 0 Å². The summed E-state index contributed by atoms with van der Waals surface area (Å²) in [4.78, 5) is 12.1. The van der Waals surface area contributed by atoms with Crippen molar-refractivity contribution in [3.63, 3.8) is 0 Å². The van der Waals surface area contributed by atoms with E-state index in [0.29, 0.717) is 11.6 Å². The fourth-order valence-electron chi connectivity index (χ4n) is 2.23. The summed E-state index contributed by atoms with van der Waals surface area (Å²) in [6.45, 7) is 3.16. The van der Waals surface area contributed by atoms with E-state index in [2.05, 4.69) is 10.6 Å². The van der Waals surface area contributed by atoms with E-state index >= 15 is 0 Å². The first-order chi connectivity index (χ1) is 11.3. The van der Waals surface area contributed by atoms with Crippen LogP contribution in [0, 0.1) is 23.3 Å². The van der Waals surface area contributed by atoms with Crippen LogP contribution in [0.5, 0.6) is 0 Å². The van der Waals surface area contributed by atoms with Gasteiger partial charge in [-0.1, -0.05) is 18.2 Å². The highest BCUT2D eigenvalue weighted by Crippen LogP contribution is 2.20. The van der Waals surface area contributed by atoms with Gasteiger partial charge in [0.25, 0.3) is 0 Å². The highest BCUT2D eigenvalue weighted by molar-refractivity contribution is 5.94. The first kappa shape index (κ1) is 17.9. The molecule has 128 valence electrons. The third-order valence-electron chi connectivity index (χ3n) is 3.56. The van der Waals surface area contributed by atoms with Crippen LogP contribution in [0.4, 0.5) is 23.2 Å². The summed E-state index contributed by atoms with van der Waals surface area (Å²) < 4.78 is 53.3. The number of carbonyl (C=O) groups excluding carboxylic acids is 1. The topological polar surface area (TPSA) is 41.1 Å². The summed E-state index contributed by atoms with van der Waals surface area (Å²) in [5.74, 6) is -5.56. The maximum absolute atomic E-state index is 13.7. The molecule has 2 aromatic carbocycles. The number of benzene rings is 2. The molecule has 0 saturated heterocycles. The average molecular weight is 340 g/mol. The zero-order chi connectivity index (χ0) is 17.9. The van der Waals surface area contributed by atoms with E-state index in [9.17, 15) is 22.4 Å². The van der Waals surface area contributed by atoms with E-state index in [1.165, 1.54) is 13.0 Å². The maximum Gasteiger partial charge on any atom is 0.241 e. The minimum Gasteiger partial charge on any atom is -0.322 e. The van der Waals surface area contributed by atoms with Crippen LogP contribution in [0.15, 0.2) is 36.4 Å². The van der Waals surface area contributed by atoms with Crippen LogP contribution in [0.1, 0.15) is 25.5 Å². The molecule has 0 bridgehead atoms. The summed E-state index contributed by atoms with van der Waals surface area (Å²) in [6, 6.07) is 6.42. The molecule has 0 aromatic heterocycles. The SMILES string of the molecule is CC(NC(C)c1ccccc1F)C(=O)Nc1ccc(F)c(F)c1F. The molecule has 0 heterocycles. The van der Waals surface area contributed by atoms with Crippen LogP contribution >= 0.6 is 0 Å². The molecule has 3 nitrogen and oxygen atoms in total. The normalized spacial score (nSPS) is 13.4. The molecular weight excluding hydrogens is 324 g/mol. The lowest BCUT2D eigenvalue weighted by Gasteiger charge is -2.20. The molecule has 7 heteroatoms. The van der Waals surface area contributed by atoms with Crippen molar-refractivity contribution in [1.29, 1.82) is 0 Å². The molecule has 0 spiro atoms. The van der Waals surface area contributed by atoms with Crippen LogP contribution in [0.3, 0.4) is 0 Å². The largest absolute Gasteiger partial charge is 0.322 e. The van der Waals surface area contributed by atoms with Crippen LogP contribution in [0.2, 0.25) is 0 Å². The summed E-state index contributed by atoms with van der Waals surface area (Å²) in [6.07, 6.45) is 0. The molecule has 2 atom stereocenters. The number of carbonyl (C=O) groups is 1. The van der Waals surface area contributed by atoms with E-state index in [1.54, 1.807) is 25.1 Å². The van der Waals surface area contributed by atoms with Crippen molar-refractivity contribution in [2.24, 2.45) is 0 Å². The number of hydrogen-bond donors (Lipinski definition) is 2. The molecule has 0 aliphatic rings. The van der Waals surface area contributed by atoms with Crippen molar-refractivity contribution in [1.82, 2.24) is 5.32 Å². The van der Waals surface area contributed by atoms with Gasteiger partial charge < -0.3 is 5.32 Å². The number of halogens is 4. The predicted octanol–water partition coefficient (Wildman–Crippen LogP) is 3.92. The van der Waals surface area contributed by atoms with E-state index in [1.807, 2.05) is 0 Å². The third kappa shape index (κ3) is 3.91. The number of anilines is 1. The van der Waals surface area contributed by atoms with Crippen molar-refractivity contribution in [2.45, 2.75) is 25.9 Å². The second kappa shape index (κ2) is 7.44. The van der Waals surface area contributed by atoms with Gasteiger partial charge in [0.2, 0.25) is 5.91 Å². The fraction of sp³-hybridized carbons (Fsp3) is 0.235. The summed E-state index contributed by atoms with van der Waals surface area (Å²) >= 11 is 0. The summed E-state index contributed by atoms with van der Waals surface area (Å²) in [7, 11) is 0. The first-order valence-electron chi connectivity index (χ1n) is 7.26. The first-order valence-corrected chi connectivity index (χ1v) is 7.26. The maximum atomic E-state index is 13.7. The average Bonchev–Trinajstić information content (AvgIpc) is 2.55. The fourth-order valence-corrected chi connectivity index (χ4v) is 2.23. The van der Waals surface area contributed by atoms with Gasteiger partial charge in [-0.15, -0.1) is 0 Å². The Kier molecular flexibility index (Phi) is 5.56. The van der Waals surface area contributed by atoms with Gasteiger partial charge >= 0.3 is 0 Å². The van der Waals surface area contributed by atoms with Crippen molar-refractivity contribution in [3.05, 3.63) is 65.2 Å². The number of nitrogens with one attached hydrogen (secondary N) is 2. The third-order valence-corrected chi connectivity index (χ3v) is 3.56. The molecular formula is C17H16F4N2O. The highest BCUT2D eigenvalue weighted by Gasteiger charge is 2.21. The molecule has 0 aliphatic heterocycles. The number of rotatable bonds is 5. The van der Waals surface area contributed by atoms with E-state index in [4.69, 9.17) is 0 Å². The van der Waals surface area contributed by atoms with Gasteiger partial charge in [-0.05, 0) is 32.0 Å². The zero-order valence-corrected chi connectivity index (χ0v) is 13.0. The molecule has 2 N–H and O–H groups in total. The Hall–Kier alpha value is -2.41. The summed E-state index contributed by atoms with van der Waals surface area (Å²) in [5, 5.41) is 5.03. The van der Waals surface area contributed by atoms with E-state index < -0.39 is 46.9 Å². The lowest BCUT2D eigenvalue weighted by molar-refractivity contribution is -0.118. The lowest BCUT2D eigenvalue weighted by atomic mass is 10.1. The Morgan fingerprint density at radius 2 is 1.58 bits per heavy atom. The minimum atomic E-state index is -1.66. The Labute approximate surface area is 136 Å². The smallest absolute Gasteiger partial charge is 0.241 e. The zero-order valence-electron chi connectivity index (χ0n) is 13.0. The molecule has 24 heavy (non-hydrogen) atoms. The van der Waals surface area contributed by atoms with Gasteiger partial charge in [0.15, 0.2) is 17.5 Å². The van der Waals surface area contributed by atoms with Gasteiger partial charge in [0.1, 0.15) is 5.82 Å². The molecule has 2 rings (SSSR count). The van der Waals surface area contributed by atoms with Gasteiger partial charge in [-0.25, -0.2) is 17.6 Å². The predicted molar refractivity (Wildman–Crippen MR) is 82.4 cm³/mol. The molecule has 0 fully saturated rings. The second-order valence-corrected chi connectivity index (χ2v) is 5.34. The van der Waals surface area contributed by atoms with Crippen LogP contribution in [-0.2, 0) is 4.79 Å². The highest BCUT2D eigenvalue weighted by atomic mass is 19.2. The molecule has 1 amide bonds. The van der Waals surface area contributed by atoms with Crippen LogP contribution < -0.4 is 10.6 Å². The molecule has 2 aromatic rings. The Morgan fingerprint density at radius 1 is 0.917 bits per heavy atom. The quantitative estimate of drug-likeness (QED) is 0.640. The van der Waals surface area contributed by atoms with E-state index in [-0.39, 0.29) is 0 Å². The van der Waals surface area contributed by atoms with Crippen molar-refractivity contribution >= 4 is 11.6 Å². The van der Waals surface area contributed by atoms with Gasteiger partial charge in [-0.3, -0.25) is 10.1 Å². The summed E-state index contributed by atoms with van der Waals surface area (Å²) in [5.41, 5.74) is -0.0951. The van der Waals surface area contributed by atoms with Gasteiger partial charge in [0, 0.05) is 11.6 Å². The molecule has 0 radical (unpaired) electrons. The molecule has 0 aliphatic carbocycles. The minimum absolute atomic E-state index is 0.371. The van der Waals surface area contributed by atoms with Crippen LogP contribution in [-0.4, -0.2) is 11.9 Å². The van der Waals surface area contributed by atoms with E-state index in [0.717, 1.165) is 6.07 Å². The molecule has 2 unspecified atom stereocenters. The van der Waals surface area contributed by atoms with Crippen molar-refractivity contribution < 1.29 is 22.4 Å². The van der Waals surface area contributed by atoms with Gasteiger partial charge in [-0.2, -0.15) is 0 Å². The standard InChI is InChI=1S/C17H16F4N2O/c1-9(11-5-3-4-6-12(11)18)22-10(2)17(24)23-14-8-7-13(19)15(20)16(14)21/h3-10,22H,1-2H3,(H,23,24). The lowest BCUT2D eigenvalue weighted by Crippen LogP contribution is -2.39.